The molecule has 0 atom stereocenters. The molecule has 1 aromatic rings. The molecular weight excluding hydrogens is 283 g/mol. The van der Waals surface area contributed by atoms with E-state index in [0.717, 1.165) is 11.8 Å². The van der Waals surface area contributed by atoms with Crippen molar-refractivity contribution < 1.29 is 37.5 Å². The number of aldehydes is 1. The van der Waals surface area contributed by atoms with Gasteiger partial charge in [-0.1, -0.05) is 29.8 Å². The number of benzene rings is 1. The van der Waals surface area contributed by atoms with Crippen LogP contribution in [0.1, 0.15) is 15.9 Å². The Bertz CT molecular complexity index is 308. The minimum Gasteiger partial charge on any atom is -0.387 e. The zero-order valence-corrected chi connectivity index (χ0v) is 11.8. The molecular formula is C9H14N5OY-. The third-order valence-corrected chi connectivity index (χ3v) is 1.49. The zero-order chi connectivity index (χ0) is 11.7. The number of nitrogens with two attached hydrogens (primary N) is 2. The fourth-order valence-electron chi connectivity index (χ4n) is 0.687. The van der Waals surface area contributed by atoms with E-state index in [4.69, 9.17) is 5.41 Å². The van der Waals surface area contributed by atoms with E-state index in [0.29, 0.717) is 0 Å². The third kappa shape index (κ3) is 8.49. The summed E-state index contributed by atoms with van der Waals surface area (Å²) >= 11 is 0. The van der Waals surface area contributed by atoms with Crippen LogP contribution in [0, 0.1) is 6.92 Å². The van der Waals surface area contributed by atoms with Gasteiger partial charge >= 0.3 is 0 Å². The van der Waals surface area contributed by atoms with Gasteiger partial charge in [-0.15, -0.1) is 0 Å². The maximum absolute atomic E-state index is 10.1. The quantitative estimate of drug-likeness (QED) is 0.186. The monoisotopic (exact) mass is 297 g/mol. The number of aryl methyl sites for hydroxylation is 1. The molecule has 0 bridgehead atoms. The molecule has 85 valence electrons. The van der Waals surface area contributed by atoms with Crippen LogP contribution in [0.25, 0.3) is 5.41 Å². The fraction of sp³-hybridized carbons (Fsp3) is 0.111. The maximum Gasteiger partial charge on any atom is 0.150 e. The van der Waals surface area contributed by atoms with Crippen LogP contribution in [0.3, 0.4) is 0 Å². The van der Waals surface area contributed by atoms with E-state index in [2.05, 4.69) is 11.7 Å². The number of nitrogens with one attached hydrogen (secondary N) is 2. The Labute approximate surface area is 119 Å². The van der Waals surface area contributed by atoms with Crippen molar-refractivity contribution in [3.63, 3.8) is 0 Å². The minimum atomic E-state index is -0.352. The summed E-state index contributed by atoms with van der Waals surface area (Å²) in [6.07, 6.45) is 0.847. The van der Waals surface area contributed by atoms with E-state index in [-0.39, 0.29) is 38.7 Å². The van der Waals surface area contributed by atoms with E-state index in [9.17, 15) is 4.79 Å². The number of hydrazine groups is 2. The van der Waals surface area contributed by atoms with Crippen molar-refractivity contribution in [2.45, 2.75) is 6.92 Å². The van der Waals surface area contributed by atoms with Crippen molar-refractivity contribution in [2.75, 3.05) is 0 Å². The SMILES string of the molecule is Cc1ccc(C=O)cc1.[N-]=C(NN)NN.[Y]. The number of nitrogens with zero attached hydrogens (tertiary/aromatic N) is 1. The molecule has 1 rings (SSSR count). The Morgan fingerprint density at radius 3 is 1.94 bits per heavy atom. The maximum atomic E-state index is 10.1. The van der Waals surface area contributed by atoms with Crippen molar-refractivity contribution in [1.82, 2.24) is 10.9 Å². The molecule has 6 nitrogen and oxygen atoms in total. The minimum absolute atomic E-state index is 0. The van der Waals surface area contributed by atoms with Gasteiger partial charge in [-0.3, -0.25) is 16.5 Å². The predicted molar refractivity (Wildman–Crippen MR) is 59.6 cm³/mol. The average Bonchev–Trinajstić information content (AvgIpc) is 2.30. The van der Waals surface area contributed by atoms with Gasteiger partial charge in [0.2, 0.25) is 0 Å². The molecule has 0 fully saturated rings. The average molecular weight is 297 g/mol. The Hall–Kier alpha value is -0.816. The van der Waals surface area contributed by atoms with Gasteiger partial charge in [-0.25, -0.2) is 0 Å². The fourth-order valence-corrected chi connectivity index (χ4v) is 0.687. The Morgan fingerprint density at radius 2 is 1.69 bits per heavy atom. The van der Waals surface area contributed by atoms with Crippen LogP contribution in [0.4, 0.5) is 0 Å². The standard InChI is InChI=1S/C8H8O.CH6N5.Y/c1-7-2-4-8(6-9)5-3-7;2-1(5-3)6-4;/h2-6H,1H3;3-4H2,(H2-,2,5,6);/q;-1;. The van der Waals surface area contributed by atoms with Gasteiger partial charge in [-0.2, -0.15) is 0 Å². The normalized spacial score (nSPS) is 7.69. The van der Waals surface area contributed by atoms with Crippen LogP contribution in [-0.2, 0) is 32.7 Å². The Morgan fingerprint density at radius 1 is 1.25 bits per heavy atom. The molecule has 1 aromatic carbocycles. The van der Waals surface area contributed by atoms with Crippen molar-refractivity contribution in [1.29, 1.82) is 0 Å². The zero-order valence-electron chi connectivity index (χ0n) is 8.97. The van der Waals surface area contributed by atoms with E-state index in [1.807, 2.05) is 42.0 Å². The number of guanidine groups is 1. The van der Waals surface area contributed by atoms with Gasteiger partial charge in [0.25, 0.3) is 0 Å². The molecule has 6 N–H and O–H groups in total. The van der Waals surface area contributed by atoms with Gasteiger partial charge in [-0.05, 0) is 6.92 Å². The van der Waals surface area contributed by atoms with E-state index in [1.165, 1.54) is 5.56 Å². The molecule has 16 heavy (non-hydrogen) atoms. The van der Waals surface area contributed by atoms with E-state index >= 15 is 0 Å². The van der Waals surface area contributed by atoms with E-state index in [1.54, 1.807) is 0 Å². The van der Waals surface area contributed by atoms with Gasteiger partial charge in [0, 0.05) is 44.2 Å². The van der Waals surface area contributed by atoms with Crippen molar-refractivity contribution >= 4 is 12.2 Å². The van der Waals surface area contributed by atoms with Gasteiger partial charge in [0.05, 0.1) is 0 Å². The molecule has 0 spiro atoms. The third-order valence-electron chi connectivity index (χ3n) is 1.49. The molecule has 0 aliphatic rings. The van der Waals surface area contributed by atoms with Crippen LogP contribution in [0.2, 0.25) is 0 Å². The summed E-state index contributed by atoms with van der Waals surface area (Å²) in [4.78, 5) is 10.1. The molecule has 0 aromatic heterocycles. The molecule has 0 heterocycles. The number of rotatable bonds is 1. The first-order chi connectivity index (χ1) is 7.13. The summed E-state index contributed by atoms with van der Waals surface area (Å²) in [7, 11) is 0. The van der Waals surface area contributed by atoms with Crippen LogP contribution >= 0.6 is 0 Å². The van der Waals surface area contributed by atoms with Crippen molar-refractivity contribution in [3.8, 4) is 0 Å². The predicted octanol–water partition coefficient (Wildman–Crippen LogP) is -0.357. The second-order valence-electron chi connectivity index (χ2n) is 2.67. The summed E-state index contributed by atoms with van der Waals surface area (Å²) in [5.41, 5.74) is 5.62. The molecule has 0 aliphatic heterocycles. The summed E-state index contributed by atoms with van der Waals surface area (Å²) in [6, 6.07) is 7.46. The Kier molecular flexibility index (Phi) is 11.7. The summed E-state index contributed by atoms with van der Waals surface area (Å²) in [6.45, 7) is 1.99. The van der Waals surface area contributed by atoms with Crippen molar-refractivity contribution in [2.24, 2.45) is 11.7 Å². The van der Waals surface area contributed by atoms with Crippen LogP contribution in [-0.4, -0.2) is 12.2 Å². The van der Waals surface area contributed by atoms with Crippen molar-refractivity contribution in [3.05, 3.63) is 40.8 Å². The summed E-state index contributed by atoms with van der Waals surface area (Å²) in [5.74, 6) is 8.85. The first-order valence-corrected chi connectivity index (χ1v) is 4.15. The topological polar surface area (TPSA) is 115 Å². The first kappa shape index (κ1) is 17.6. The molecule has 0 unspecified atom stereocenters. The second kappa shape index (κ2) is 10.7. The molecule has 0 saturated heterocycles. The number of hydrogen-bond acceptors (Lipinski definition) is 3. The molecule has 0 aliphatic carbocycles. The Balaban J connectivity index is 0. The van der Waals surface area contributed by atoms with Gasteiger partial charge < -0.3 is 16.3 Å². The van der Waals surface area contributed by atoms with E-state index < -0.39 is 0 Å². The number of carbonyl (C=O) groups excluding carboxylic acids is 1. The smallest absolute Gasteiger partial charge is 0.150 e. The van der Waals surface area contributed by atoms with Gasteiger partial charge in [0.1, 0.15) is 6.29 Å². The number of hydrogen-bond donors (Lipinski definition) is 4. The van der Waals surface area contributed by atoms with Crippen LogP contribution < -0.4 is 22.5 Å². The number of carbonyl (C=O) groups is 1. The largest absolute Gasteiger partial charge is 0.387 e. The summed E-state index contributed by atoms with van der Waals surface area (Å²) < 4.78 is 0. The summed E-state index contributed by atoms with van der Waals surface area (Å²) in [5, 5.41) is 8.11. The first-order valence-electron chi connectivity index (χ1n) is 4.15. The molecule has 0 amide bonds. The van der Waals surface area contributed by atoms with Crippen LogP contribution in [0.15, 0.2) is 24.3 Å². The van der Waals surface area contributed by atoms with Crippen LogP contribution in [0.5, 0.6) is 0 Å². The molecule has 1 radical (unpaired) electrons. The van der Waals surface area contributed by atoms with Gasteiger partial charge in [0.15, 0.2) is 0 Å². The second-order valence-corrected chi connectivity index (χ2v) is 2.67. The molecule has 7 heteroatoms. The molecule has 0 saturated carbocycles.